The largest absolute Gasteiger partial charge is 0.478 e. The van der Waals surface area contributed by atoms with Crippen LogP contribution in [0.4, 0.5) is 19.0 Å². The molecule has 1 aromatic rings. The molecule has 1 rings (SSSR count). The van der Waals surface area contributed by atoms with Gasteiger partial charge in [0.15, 0.2) is 0 Å². The summed E-state index contributed by atoms with van der Waals surface area (Å²) in [6.45, 7) is 2.10. The number of anilines is 1. The first-order chi connectivity index (χ1) is 7.92. The zero-order valence-corrected chi connectivity index (χ0v) is 9.66. The molecule has 0 bridgehead atoms. The van der Waals surface area contributed by atoms with Crippen molar-refractivity contribution in [2.24, 2.45) is 0 Å². The third-order valence-electron chi connectivity index (χ3n) is 2.04. The number of nitrogens with zero attached hydrogens (tertiary/aromatic N) is 3. The minimum absolute atomic E-state index is 0.147. The zero-order valence-electron chi connectivity index (χ0n) is 9.66. The molecule has 4 nitrogen and oxygen atoms in total. The highest BCUT2D eigenvalue weighted by atomic mass is 19.4. The van der Waals surface area contributed by atoms with Crippen molar-refractivity contribution in [2.75, 3.05) is 25.1 Å². The molecule has 0 spiro atoms. The maximum Gasteiger partial charge on any atom is 0.390 e. The van der Waals surface area contributed by atoms with Gasteiger partial charge in [0, 0.05) is 19.7 Å². The second kappa shape index (κ2) is 5.70. The molecule has 7 heteroatoms. The van der Waals surface area contributed by atoms with Crippen LogP contribution in [0.2, 0.25) is 0 Å². The molecule has 0 saturated heterocycles. The van der Waals surface area contributed by atoms with Crippen LogP contribution in [0.5, 0.6) is 5.88 Å². The van der Waals surface area contributed by atoms with Crippen LogP contribution in [-0.2, 0) is 0 Å². The molecule has 0 atom stereocenters. The fourth-order valence-corrected chi connectivity index (χ4v) is 1.17. The quantitative estimate of drug-likeness (QED) is 0.802. The predicted molar refractivity (Wildman–Crippen MR) is 57.1 cm³/mol. The molecular weight excluding hydrogens is 235 g/mol. The van der Waals surface area contributed by atoms with Gasteiger partial charge in [-0.2, -0.15) is 13.2 Å². The molecule has 0 aromatic carbocycles. The Labute approximate surface area is 97.4 Å². The fourth-order valence-electron chi connectivity index (χ4n) is 1.17. The molecular formula is C10H14F3N3O. The molecule has 17 heavy (non-hydrogen) atoms. The summed E-state index contributed by atoms with van der Waals surface area (Å²) in [5.41, 5.74) is 0. The number of rotatable bonds is 5. The van der Waals surface area contributed by atoms with Crippen molar-refractivity contribution >= 4 is 5.82 Å². The summed E-state index contributed by atoms with van der Waals surface area (Å²) in [5, 5.41) is 0. The molecule has 0 saturated carbocycles. The minimum atomic E-state index is -4.16. The molecule has 0 radical (unpaired) electrons. The van der Waals surface area contributed by atoms with Crippen molar-refractivity contribution in [1.29, 1.82) is 0 Å². The lowest BCUT2D eigenvalue weighted by Gasteiger charge is -2.19. The van der Waals surface area contributed by atoms with E-state index in [1.54, 1.807) is 14.0 Å². The van der Waals surface area contributed by atoms with E-state index in [4.69, 9.17) is 4.74 Å². The second-order valence-electron chi connectivity index (χ2n) is 3.43. The van der Waals surface area contributed by atoms with Crippen LogP contribution in [0.1, 0.15) is 13.3 Å². The second-order valence-corrected chi connectivity index (χ2v) is 3.43. The molecule has 0 aliphatic heterocycles. The first-order valence-electron chi connectivity index (χ1n) is 5.15. The Bertz CT molecular complexity index is 357. The topological polar surface area (TPSA) is 38.2 Å². The Kier molecular flexibility index (Phi) is 4.53. The molecule has 0 unspecified atom stereocenters. The number of alkyl halides is 3. The van der Waals surface area contributed by atoms with Crippen LogP contribution in [0.3, 0.4) is 0 Å². The van der Waals surface area contributed by atoms with Crippen LogP contribution >= 0.6 is 0 Å². The van der Waals surface area contributed by atoms with Crippen LogP contribution in [-0.4, -0.2) is 36.3 Å². The number of aromatic nitrogens is 2. The molecule has 0 amide bonds. The van der Waals surface area contributed by atoms with E-state index >= 15 is 0 Å². The smallest absolute Gasteiger partial charge is 0.390 e. The highest BCUT2D eigenvalue weighted by Crippen LogP contribution is 2.21. The van der Waals surface area contributed by atoms with E-state index in [2.05, 4.69) is 9.97 Å². The highest BCUT2D eigenvalue weighted by Gasteiger charge is 2.27. The van der Waals surface area contributed by atoms with Gasteiger partial charge in [0.25, 0.3) is 0 Å². The van der Waals surface area contributed by atoms with Crippen molar-refractivity contribution in [1.82, 2.24) is 9.97 Å². The van der Waals surface area contributed by atoms with E-state index < -0.39 is 12.6 Å². The van der Waals surface area contributed by atoms with E-state index in [0.29, 0.717) is 18.3 Å². The molecule has 0 aliphatic carbocycles. The predicted octanol–water partition coefficient (Wildman–Crippen LogP) is 2.26. The number of hydrogen-bond donors (Lipinski definition) is 0. The summed E-state index contributed by atoms with van der Waals surface area (Å²) >= 11 is 0. The summed E-state index contributed by atoms with van der Waals surface area (Å²) in [6.07, 6.45) is -3.77. The average molecular weight is 249 g/mol. The van der Waals surface area contributed by atoms with Gasteiger partial charge in [-0.3, -0.25) is 0 Å². The van der Waals surface area contributed by atoms with Crippen molar-refractivity contribution in [3.63, 3.8) is 0 Å². The maximum absolute atomic E-state index is 12.0. The fraction of sp³-hybridized carbons (Fsp3) is 0.600. The maximum atomic E-state index is 12.0. The third-order valence-corrected chi connectivity index (χ3v) is 2.04. The van der Waals surface area contributed by atoms with Gasteiger partial charge in [-0.1, -0.05) is 0 Å². The van der Waals surface area contributed by atoms with E-state index in [0.717, 1.165) is 0 Å². The minimum Gasteiger partial charge on any atom is -0.478 e. The van der Waals surface area contributed by atoms with Gasteiger partial charge in [-0.05, 0) is 6.92 Å². The Hall–Kier alpha value is -1.53. The SMILES string of the molecule is CCOc1cc(N(C)CCC(F)(F)F)ncn1. The Morgan fingerprint density at radius 1 is 1.35 bits per heavy atom. The molecule has 0 fully saturated rings. The zero-order chi connectivity index (χ0) is 12.9. The lowest BCUT2D eigenvalue weighted by Crippen LogP contribution is -2.24. The first kappa shape index (κ1) is 13.5. The monoisotopic (exact) mass is 249 g/mol. The summed E-state index contributed by atoms with van der Waals surface area (Å²) in [5.74, 6) is 0.768. The molecule has 1 heterocycles. The van der Waals surface area contributed by atoms with Crippen molar-refractivity contribution in [3.8, 4) is 5.88 Å². The molecule has 1 aromatic heterocycles. The van der Waals surface area contributed by atoms with Crippen LogP contribution in [0.15, 0.2) is 12.4 Å². The highest BCUT2D eigenvalue weighted by molar-refractivity contribution is 5.39. The van der Waals surface area contributed by atoms with E-state index in [1.807, 2.05) is 0 Å². The van der Waals surface area contributed by atoms with Gasteiger partial charge in [0.2, 0.25) is 5.88 Å². The number of halogens is 3. The van der Waals surface area contributed by atoms with Crippen molar-refractivity contribution < 1.29 is 17.9 Å². The van der Waals surface area contributed by atoms with Crippen molar-refractivity contribution in [2.45, 2.75) is 19.5 Å². The van der Waals surface area contributed by atoms with Gasteiger partial charge in [0.05, 0.1) is 13.0 Å². The molecule has 0 N–H and O–H groups in total. The molecule has 0 aliphatic rings. The van der Waals surface area contributed by atoms with Crippen LogP contribution in [0, 0.1) is 0 Å². The molecule has 96 valence electrons. The Balaban J connectivity index is 2.62. The van der Waals surface area contributed by atoms with Crippen LogP contribution in [0.25, 0.3) is 0 Å². The van der Waals surface area contributed by atoms with Crippen LogP contribution < -0.4 is 9.64 Å². The first-order valence-corrected chi connectivity index (χ1v) is 5.15. The Morgan fingerprint density at radius 3 is 2.65 bits per heavy atom. The van der Waals surface area contributed by atoms with E-state index in [9.17, 15) is 13.2 Å². The summed E-state index contributed by atoms with van der Waals surface area (Å²) in [6, 6.07) is 1.51. The normalized spacial score (nSPS) is 11.4. The lowest BCUT2D eigenvalue weighted by atomic mass is 10.4. The number of hydrogen-bond acceptors (Lipinski definition) is 4. The Morgan fingerprint density at radius 2 is 2.06 bits per heavy atom. The van der Waals surface area contributed by atoms with E-state index in [-0.39, 0.29) is 6.54 Å². The van der Waals surface area contributed by atoms with Gasteiger partial charge in [0.1, 0.15) is 12.1 Å². The number of ether oxygens (including phenoxy) is 1. The van der Waals surface area contributed by atoms with Gasteiger partial charge in [-0.25, -0.2) is 9.97 Å². The standard InChI is InChI=1S/C10H14F3N3O/c1-3-17-9-6-8(14-7-15-9)16(2)5-4-10(11,12)13/h6-7H,3-5H2,1-2H3. The lowest BCUT2D eigenvalue weighted by molar-refractivity contribution is -0.132. The summed E-state index contributed by atoms with van der Waals surface area (Å²) < 4.78 is 41.3. The van der Waals surface area contributed by atoms with Gasteiger partial charge in [-0.15, -0.1) is 0 Å². The summed E-state index contributed by atoms with van der Waals surface area (Å²) in [7, 11) is 1.55. The third kappa shape index (κ3) is 4.88. The van der Waals surface area contributed by atoms with E-state index in [1.165, 1.54) is 17.3 Å². The average Bonchev–Trinajstić information content (AvgIpc) is 2.26. The van der Waals surface area contributed by atoms with Gasteiger partial charge >= 0.3 is 6.18 Å². The van der Waals surface area contributed by atoms with Gasteiger partial charge < -0.3 is 9.64 Å². The summed E-state index contributed by atoms with van der Waals surface area (Å²) in [4.78, 5) is 9.14. The van der Waals surface area contributed by atoms with Crippen molar-refractivity contribution in [3.05, 3.63) is 12.4 Å².